The zero-order chi connectivity index (χ0) is 11.8. The van der Waals surface area contributed by atoms with E-state index < -0.39 is 32.7 Å². The van der Waals surface area contributed by atoms with Gasteiger partial charge in [0.25, 0.3) is 6.43 Å². The van der Waals surface area contributed by atoms with E-state index in [9.17, 15) is 21.6 Å². The van der Waals surface area contributed by atoms with Crippen LogP contribution in [0.2, 0.25) is 0 Å². The highest BCUT2D eigenvalue weighted by molar-refractivity contribution is 14.1. The molecule has 0 aliphatic carbocycles. The molecule has 1 heterocycles. The number of hydrogen-bond donors (Lipinski definition) is 1. The minimum atomic E-state index is -4.38. The van der Waals surface area contributed by atoms with Gasteiger partial charge in [-0.15, -0.1) is 0 Å². The van der Waals surface area contributed by atoms with Crippen LogP contribution >= 0.6 is 22.6 Å². The molecule has 0 radical (unpaired) electrons. The van der Waals surface area contributed by atoms with Crippen molar-refractivity contribution in [2.45, 2.75) is 11.3 Å². The Morgan fingerprint density at radius 3 is 2.40 bits per heavy atom. The molecule has 4 nitrogen and oxygen atoms in total. The van der Waals surface area contributed by atoms with Crippen LogP contribution in [0.25, 0.3) is 0 Å². The normalized spacial score (nSPS) is 12.1. The molecule has 0 amide bonds. The number of pyridine rings is 1. The largest absolute Gasteiger partial charge is 0.269 e. The van der Waals surface area contributed by atoms with Gasteiger partial charge in [-0.25, -0.2) is 31.7 Å². The van der Waals surface area contributed by atoms with Crippen molar-refractivity contribution >= 4 is 32.6 Å². The van der Waals surface area contributed by atoms with Gasteiger partial charge in [-0.3, -0.25) is 0 Å². The summed E-state index contributed by atoms with van der Waals surface area (Å²) in [6, 6.07) is 0. The zero-order valence-electron chi connectivity index (χ0n) is 6.92. The van der Waals surface area contributed by atoms with Gasteiger partial charge in [0, 0.05) is 0 Å². The lowest BCUT2D eigenvalue weighted by Gasteiger charge is -2.07. The van der Waals surface area contributed by atoms with Gasteiger partial charge in [0.2, 0.25) is 10.0 Å². The predicted molar refractivity (Wildman–Crippen MR) is 53.2 cm³/mol. The van der Waals surface area contributed by atoms with E-state index in [2.05, 4.69) is 10.1 Å². The van der Waals surface area contributed by atoms with E-state index in [0.717, 1.165) is 0 Å². The number of rotatable bonds is 2. The minimum absolute atomic E-state index is 0.299. The quantitative estimate of drug-likeness (QED) is 0.646. The average Bonchev–Trinajstić information content (AvgIpc) is 2.00. The number of aromatic nitrogens is 1. The first kappa shape index (κ1) is 12.6. The van der Waals surface area contributed by atoms with Gasteiger partial charge in [0.15, 0.2) is 5.82 Å². The number of sulfonamides is 1. The molecule has 0 aliphatic rings. The fourth-order valence-corrected chi connectivity index (χ4v) is 2.02. The summed E-state index contributed by atoms with van der Waals surface area (Å²) in [4.78, 5) is 2.31. The Kier molecular flexibility index (Phi) is 3.55. The van der Waals surface area contributed by atoms with E-state index >= 15 is 0 Å². The minimum Gasteiger partial charge on any atom is -0.248 e. The van der Waals surface area contributed by atoms with Crippen molar-refractivity contribution in [3.05, 3.63) is 21.3 Å². The van der Waals surface area contributed by atoms with Crippen LogP contribution < -0.4 is 5.14 Å². The number of primary sulfonamides is 1. The maximum Gasteiger partial charge on any atom is 0.269 e. The molecule has 0 aromatic carbocycles. The molecule has 0 fully saturated rings. The lowest BCUT2D eigenvalue weighted by molar-refractivity contribution is 0.144. The van der Waals surface area contributed by atoms with Crippen molar-refractivity contribution in [2.24, 2.45) is 5.14 Å². The Morgan fingerprint density at radius 2 is 2.00 bits per heavy atom. The van der Waals surface area contributed by atoms with Gasteiger partial charge in [-0.2, -0.15) is 0 Å². The molecule has 15 heavy (non-hydrogen) atoms. The number of hydrogen-bond acceptors (Lipinski definition) is 3. The second-order valence-electron chi connectivity index (χ2n) is 2.49. The van der Waals surface area contributed by atoms with Gasteiger partial charge in [-0.05, 0) is 22.6 Å². The van der Waals surface area contributed by atoms with Crippen molar-refractivity contribution < 1.29 is 21.6 Å². The number of nitrogens with zero attached hydrogens (tertiary/aromatic N) is 1. The first-order valence-electron chi connectivity index (χ1n) is 3.40. The first-order chi connectivity index (χ1) is 6.75. The summed E-state index contributed by atoms with van der Waals surface area (Å²) < 4.78 is 59.3. The summed E-state index contributed by atoms with van der Waals surface area (Å²) >= 11 is 1.38. The lowest BCUT2D eigenvalue weighted by atomic mass is 10.3. The van der Waals surface area contributed by atoms with Crippen LogP contribution in [0.4, 0.5) is 13.2 Å². The molecular formula is C6H4F3IN2O2S. The van der Waals surface area contributed by atoms with E-state index in [1.807, 2.05) is 0 Å². The average molecular weight is 352 g/mol. The van der Waals surface area contributed by atoms with Crippen LogP contribution in [-0.4, -0.2) is 13.4 Å². The molecule has 84 valence electrons. The fourth-order valence-electron chi connectivity index (χ4n) is 0.849. The summed E-state index contributed by atoms with van der Waals surface area (Å²) in [5.74, 6) is -1.55. The van der Waals surface area contributed by atoms with E-state index in [-0.39, 0.29) is 3.70 Å². The van der Waals surface area contributed by atoms with Crippen LogP contribution in [0.15, 0.2) is 11.1 Å². The van der Waals surface area contributed by atoms with Crippen LogP contribution in [0, 0.1) is 9.52 Å². The maximum absolute atomic E-state index is 13.3. The third-order valence-corrected chi connectivity index (χ3v) is 3.25. The van der Waals surface area contributed by atoms with Crippen molar-refractivity contribution in [1.29, 1.82) is 0 Å². The Morgan fingerprint density at radius 1 is 1.47 bits per heavy atom. The predicted octanol–water partition coefficient (Wildman–Crippen LogP) is 1.41. The van der Waals surface area contributed by atoms with Gasteiger partial charge in [-0.1, -0.05) is 0 Å². The molecule has 0 unspecified atom stereocenters. The zero-order valence-corrected chi connectivity index (χ0v) is 9.89. The molecule has 0 spiro atoms. The van der Waals surface area contributed by atoms with E-state index in [4.69, 9.17) is 0 Å². The Hall–Kier alpha value is -0.420. The summed E-state index contributed by atoms with van der Waals surface area (Å²) in [5, 5.41) is 4.62. The van der Waals surface area contributed by atoms with E-state index in [1.165, 1.54) is 22.6 Å². The highest BCUT2D eigenvalue weighted by Crippen LogP contribution is 2.28. The first-order valence-corrected chi connectivity index (χ1v) is 6.02. The number of halogens is 4. The summed E-state index contributed by atoms with van der Waals surface area (Å²) in [6.45, 7) is 0. The van der Waals surface area contributed by atoms with Crippen molar-refractivity contribution in [2.75, 3.05) is 0 Å². The van der Waals surface area contributed by atoms with Gasteiger partial charge in [0.1, 0.15) is 8.60 Å². The molecule has 2 N–H and O–H groups in total. The Bertz CT molecular complexity index is 491. The molecule has 0 saturated heterocycles. The van der Waals surface area contributed by atoms with Crippen molar-refractivity contribution in [1.82, 2.24) is 4.98 Å². The third-order valence-electron chi connectivity index (χ3n) is 1.49. The monoisotopic (exact) mass is 352 g/mol. The highest BCUT2D eigenvalue weighted by atomic mass is 127. The molecular weight excluding hydrogens is 348 g/mol. The number of alkyl halides is 2. The lowest BCUT2D eigenvalue weighted by Crippen LogP contribution is -2.16. The Balaban J connectivity index is 3.56. The number of nitrogens with two attached hydrogens (primary N) is 1. The van der Waals surface area contributed by atoms with Gasteiger partial charge < -0.3 is 0 Å². The molecule has 0 saturated carbocycles. The molecule has 0 bridgehead atoms. The summed E-state index contributed by atoms with van der Waals surface area (Å²) in [5.41, 5.74) is -1.05. The van der Waals surface area contributed by atoms with Crippen molar-refractivity contribution in [3.8, 4) is 0 Å². The van der Waals surface area contributed by atoms with Gasteiger partial charge >= 0.3 is 0 Å². The molecule has 0 atom stereocenters. The maximum atomic E-state index is 13.3. The van der Waals surface area contributed by atoms with Gasteiger partial charge in [0.05, 0.1) is 11.8 Å². The second-order valence-corrected chi connectivity index (χ2v) is 5.04. The SMILES string of the molecule is NS(=O)(=O)c1cnc(I)c(C(F)F)c1F. The second kappa shape index (κ2) is 4.22. The fraction of sp³-hybridized carbons (Fsp3) is 0.167. The summed E-state index contributed by atoms with van der Waals surface area (Å²) in [6.07, 6.45) is -2.54. The summed E-state index contributed by atoms with van der Waals surface area (Å²) in [7, 11) is -4.38. The third kappa shape index (κ3) is 2.58. The van der Waals surface area contributed by atoms with Crippen molar-refractivity contribution in [3.63, 3.8) is 0 Å². The van der Waals surface area contributed by atoms with Crippen LogP contribution in [0.3, 0.4) is 0 Å². The molecule has 1 aromatic heterocycles. The van der Waals surface area contributed by atoms with Crippen LogP contribution in [-0.2, 0) is 10.0 Å². The van der Waals surface area contributed by atoms with Crippen LogP contribution in [0.1, 0.15) is 12.0 Å². The topological polar surface area (TPSA) is 73.1 Å². The molecule has 9 heteroatoms. The standard InChI is InChI=1S/C6H4F3IN2O2S/c7-4-2(15(11,13)14)1-12-6(10)3(4)5(8)9/h1,5H,(H2,11,13,14). The highest BCUT2D eigenvalue weighted by Gasteiger charge is 2.25. The van der Waals surface area contributed by atoms with Crippen LogP contribution in [0.5, 0.6) is 0 Å². The smallest absolute Gasteiger partial charge is 0.248 e. The molecule has 1 rings (SSSR count). The molecule has 1 aromatic rings. The Labute approximate surface area is 96.9 Å². The van der Waals surface area contributed by atoms with E-state index in [0.29, 0.717) is 6.20 Å². The molecule has 0 aliphatic heterocycles. The van der Waals surface area contributed by atoms with E-state index in [1.54, 1.807) is 0 Å².